The van der Waals surface area contributed by atoms with Crippen molar-refractivity contribution in [2.24, 2.45) is 5.92 Å². The Balaban J connectivity index is 2.93. The first-order valence-electron chi connectivity index (χ1n) is 6.36. The summed E-state index contributed by atoms with van der Waals surface area (Å²) in [6, 6.07) is 2.98. The minimum Gasteiger partial charge on any atom is -0.507 e. The van der Waals surface area contributed by atoms with Crippen molar-refractivity contribution in [3.63, 3.8) is 0 Å². The first kappa shape index (κ1) is 16.5. The van der Waals surface area contributed by atoms with Crippen LogP contribution in [0.1, 0.15) is 31.1 Å². The number of rotatable bonds is 5. The molecule has 1 aromatic carbocycles. The lowest BCUT2D eigenvalue weighted by molar-refractivity contribution is -0.126. The van der Waals surface area contributed by atoms with Gasteiger partial charge in [-0.3, -0.25) is 9.59 Å². The molecule has 1 aromatic rings. The minimum absolute atomic E-state index is 0.134. The number of carbonyl (C=O) groups is 3. The molecule has 7 heteroatoms. The van der Waals surface area contributed by atoms with Crippen LogP contribution in [0.4, 0.5) is 5.69 Å². The molecule has 0 spiro atoms. The van der Waals surface area contributed by atoms with Gasteiger partial charge in [-0.1, -0.05) is 13.8 Å². The molecule has 0 aliphatic heterocycles. The zero-order valence-electron chi connectivity index (χ0n) is 12.0. The molecule has 114 valence electrons. The predicted octanol–water partition coefficient (Wildman–Crippen LogP) is 1.19. The number of nitrogens with one attached hydrogen (secondary N) is 2. The second kappa shape index (κ2) is 6.74. The summed E-state index contributed by atoms with van der Waals surface area (Å²) in [5, 5.41) is 23.4. The van der Waals surface area contributed by atoms with E-state index in [0.29, 0.717) is 0 Å². The second-order valence-corrected chi connectivity index (χ2v) is 4.95. The van der Waals surface area contributed by atoms with Gasteiger partial charge in [-0.25, -0.2) is 4.79 Å². The standard InChI is InChI=1S/C14H18N2O5/c1-7(2)12(15-8(3)17)13(19)16-9-4-5-11(18)10(6-9)14(20)21/h4-7,12,18H,1-3H3,(H,15,17)(H,16,19)(H,20,21). The number of carboxylic acids is 1. The number of amides is 2. The van der Waals surface area contributed by atoms with E-state index in [1.807, 2.05) is 0 Å². The van der Waals surface area contributed by atoms with Crippen molar-refractivity contribution in [1.29, 1.82) is 0 Å². The Morgan fingerprint density at radius 3 is 2.29 bits per heavy atom. The van der Waals surface area contributed by atoms with Crippen LogP contribution in [0, 0.1) is 5.92 Å². The molecule has 0 radical (unpaired) electrons. The molecular weight excluding hydrogens is 276 g/mol. The SMILES string of the molecule is CC(=O)NC(C(=O)Nc1ccc(O)c(C(=O)O)c1)C(C)C. The van der Waals surface area contributed by atoms with E-state index in [9.17, 15) is 19.5 Å². The van der Waals surface area contributed by atoms with Crippen molar-refractivity contribution in [2.75, 3.05) is 5.32 Å². The molecule has 7 nitrogen and oxygen atoms in total. The van der Waals surface area contributed by atoms with Crippen molar-refractivity contribution in [1.82, 2.24) is 5.32 Å². The van der Waals surface area contributed by atoms with Gasteiger partial charge in [-0.2, -0.15) is 0 Å². The topological polar surface area (TPSA) is 116 Å². The van der Waals surface area contributed by atoms with E-state index < -0.39 is 17.9 Å². The second-order valence-electron chi connectivity index (χ2n) is 4.95. The average Bonchev–Trinajstić information content (AvgIpc) is 2.37. The summed E-state index contributed by atoms with van der Waals surface area (Å²) in [6.45, 7) is 4.87. The Bertz CT molecular complexity index is 568. The summed E-state index contributed by atoms with van der Waals surface area (Å²) in [6.07, 6.45) is 0. The number of phenols is 1. The molecule has 0 saturated carbocycles. The van der Waals surface area contributed by atoms with Gasteiger partial charge in [0.05, 0.1) is 0 Å². The van der Waals surface area contributed by atoms with Gasteiger partial charge in [0.15, 0.2) is 0 Å². The Kier molecular flexibility index (Phi) is 5.29. The average molecular weight is 294 g/mol. The van der Waals surface area contributed by atoms with E-state index in [-0.39, 0.29) is 28.8 Å². The molecule has 0 heterocycles. The van der Waals surface area contributed by atoms with Gasteiger partial charge in [0.25, 0.3) is 0 Å². The van der Waals surface area contributed by atoms with E-state index in [2.05, 4.69) is 10.6 Å². The Labute approximate surface area is 122 Å². The van der Waals surface area contributed by atoms with Crippen LogP contribution >= 0.6 is 0 Å². The number of aromatic hydroxyl groups is 1. The molecule has 1 rings (SSSR count). The maximum atomic E-state index is 12.1. The van der Waals surface area contributed by atoms with Gasteiger partial charge in [-0.15, -0.1) is 0 Å². The lowest BCUT2D eigenvalue weighted by atomic mass is 10.0. The fourth-order valence-electron chi connectivity index (χ4n) is 1.76. The van der Waals surface area contributed by atoms with E-state index in [0.717, 1.165) is 6.07 Å². The zero-order chi connectivity index (χ0) is 16.2. The first-order chi connectivity index (χ1) is 9.72. The fraction of sp³-hybridized carbons (Fsp3) is 0.357. The highest BCUT2D eigenvalue weighted by Gasteiger charge is 2.23. The third-order valence-electron chi connectivity index (χ3n) is 2.80. The third kappa shape index (κ3) is 4.48. The number of hydrogen-bond donors (Lipinski definition) is 4. The number of anilines is 1. The molecule has 0 saturated heterocycles. The zero-order valence-corrected chi connectivity index (χ0v) is 12.0. The lowest BCUT2D eigenvalue weighted by Gasteiger charge is -2.21. The quantitative estimate of drug-likeness (QED) is 0.609. The fourth-order valence-corrected chi connectivity index (χ4v) is 1.76. The summed E-state index contributed by atoms with van der Waals surface area (Å²) in [5.41, 5.74) is -0.0837. The maximum Gasteiger partial charge on any atom is 0.339 e. The van der Waals surface area contributed by atoms with Crippen molar-refractivity contribution in [2.45, 2.75) is 26.8 Å². The van der Waals surface area contributed by atoms with Gasteiger partial charge in [0, 0.05) is 12.6 Å². The van der Waals surface area contributed by atoms with Crippen LogP contribution in [0.25, 0.3) is 0 Å². The van der Waals surface area contributed by atoms with Crippen LogP contribution in [0.5, 0.6) is 5.75 Å². The summed E-state index contributed by atoms with van der Waals surface area (Å²) in [4.78, 5) is 34.1. The highest BCUT2D eigenvalue weighted by atomic mass is 16.4. The molecule has 1 unspecified atom stereocenters. The van der Waals surface area contributed by atoms with Gasteiger partial charge >= 0.3 is 5.97 Å². The predicted molar refractivity (Wildman–Crippen MR) is 76.1 cm³/mol. The first-order valence-corrected chi connectivity index (χ1v) is 6.36. The molecule has 2 amide bonds. The molecule has 4 N–H and O–H groups in total. The van der Waals surface area contributed by atoms with E-state index >= 15 is 0 Å². The molecule has 0 bridgehead atoms. The molecule has 0 aliphatic rings. The molecular formula is C14H18N2O5. The van der Waals surface area contributed by atoms with E-state index in [1.165, 1.54) is 19.1 Å². The third-order valence-corrected chi connectivity index (χ3v) is 2.80. The van der Waals surface area contributed by atoms with Crippen LogP contribution in [-0.4, -0.2) is 34.0 Å². The molecule has 0 fully saturated rings. The number of carboxylic acid groups (broad SMARTS) is 1. The van der Waals surface area contributed by atoms with Gasteiger partial charge in [0.2, 0.25) is 11.8 Å². The summed E-state index contributed by atoms with van der Waals surface area (Å²) >= 11 is 0. The van der Waals surface area contributed by atoms with Crippen molar-refractivity contribution < 1.29 is 24.6 Å². The molecule has 1 atom stereocenters. The number of benzene rings is 1. The summed E-state index contributed by atoms with van der Waals surface area (Å²) in [7, 11) is 0. The van der Waals surface area contributed by atoms with Gasteiger partial charge < -0.3 is 20.8 Å². The van der Waals surface area contributed by atoms with Gasteiger partial charge in [0.1, 0.15) is 17.4 Å². The highest BCUT2D eigenvalue weighted by molar-refractivity contribution is 5.99. The van der Waals surface area contributed by atoms with Crippen molar-refractivity contribution >= 4 is 23.5 Å². The number of hydrogen-bond acceptors (Lipinski definition) is 4. The van der Waals surface area contributed by atoms with Gasteiger partial charge in [-0.05, 0) is 24.1 Å². The molecule has 21 heavy (non-hydrogen) atoms. The van der Waals surface area contributed by atoms with Crippen molar-refractivity contribution in [3.05, 3.63) is 23.8 Å². The smallest absolute Gasteiger partial charge is 0.339 e. The number of carbonyl (C=O) groups excluding carboxylic acids is 2. The lowest BCUT2D eigenvalue weighted by Crippen LogP contribution is -2.46. The van der Waals surface area contributed by atoms with Crippen LogP contribution in [-0.2, 0) is 9.59 Å². The Morgan fingerprint density at radius 1 is 1.19 bits per heavy atom. The molecule has 0 aromatic heterocycles. The summed E-state index contributed by atoms with van der Waals surface area (Å²) in [5.74, 6) is -2.61. The maximum absolute atomic E-state index is 12.1. The van der Waals surface area contributed by atoms with Crippen LogP contribution in [0.3, 0.4) is 0 Å². The van der Waals surface area contributed by atoms with Crippen LogP contribution in [0.2, 0.25) is 0 Å². The highest BCUT2D eigenvalue weighted by Crippen LogP contribution is 2.21. The normalized spacial score (nSPS) is 11.8. The molecule has 0 aliphatic carbocycles. The summed E-state index contributed by atoms with van der Waals surface area (Å²) < 4.78 is 0. The van der Waals surface area contributed by atoms with E-state index in [1.54, 1.807) is 13.8 Å². The largest absolute Gasteiger partial charge is 0.507 e. The van der Waals surface area contributed by atoms with Crippen LogP contribution in [0.15, 0.2) is 18.2 Å². The van der Waals surface area contributed by atoms with Crippen LogP contribution < -0.4 is 10.6 Å². The van der Waals surface area contributed by atoms with E-state index in [4.69, 9.17) is 5.11 Å². The minimum atomic E-state index is -1.30. The Hall–Kier alpha value is -2.57. The monoisotopic (exact) mass is 294 g/mol. The number of aromatic carboxylic acids is 1. The Morgan fingerprint density at radius 2 is 1.81 bits per heavy atom. The van der Waals surface area contributed by atoms with Crippen molar-refractivity contribution in [3.8, 4) is 5.75 Å².